The number of nitrogens with zero attached hydrogens (tertiary/aromatic N) is 6. The summed E-state index contributed by atoms with van der Waals surface area (Å²) in [6.07, 6.45) is -2.90. The van der Waals surface area contributed by atoms with Crippen molar-refractivity contribution in [3.05, 3.63) is 36.4 Å². The van der Waals surface area contributed by atoms with Gasteiger partial charge in [0, 0.05) is 19.0 Å². The minimum atomic E-state index is -4.47. The largest absolute Gasteiger partial charge is 0.492 e. The molecule has 31 heavy (non-hydrogen) atoms. The first kappa shape index (κ1) is 19.9. The lowest BCUT2D eigenvalue weighted by molar-refractivity contribution is -0.141. The van der Waals surface area contributed by atoms with Crippen molar-refractivity contribution < 1.29 is 26.7 Å². The van der Waals surface area contributed by atoms with Crippen molar-refractivity contribution >= 4 is 17.0 Å². The molecule has 1 saturated heterocycles. The molecule has 0 N–H and O–H groups in total. The third-order valence-corrected chi connectivity index (χ3v) is 5.81. The number of rotatable bonds is 6. The molecule has 1 aliphatic heterocycles. The fourth-order valence-corrected chi connectivity index (χ4v) is 4.17. The van der Waals surface area contributed by atoms with Gasteiger partial charge in [-0.1, -0.05) is 0 Å². The molecule has 2 fully saturated rings. The zero-order chi connectivity index (χ0) is 21.8. The van der Waals surface area contributed by atoms with Crippen molar-refractivity contribution in [2.24, 2.45) is 17.8 Å². The van der Waals surface area contributed by atoms with Crippen LogP contribution in [0.2, 0.25) is 0 Å². The van der Waals surface area contributed by atoms with Gasteiger partial charge in [0.05, 0.1) is 25.2 Å². The molecule has 3 atom stereocenters. The molecule has 164 valence electrons. The molecule has 5 rings (SSSR count). The Bertz CT molecular complexity index is 1070. The van der Waals surface area contributed by atoms with Crippen LogP contribution in [0.3, 0.4) is 0 Å². The fraction of sp³-hybridized carbons (Fsp3) is 0.474. The van der Waals surface area contributed by atoms with Gasteiger partial charge in [-0.05, 0) is 24.0 Å². The van der Waals surface area contributed by atoms with Gasteiger partial charge in [-0.15, -0.1) is 0 Å². The highest BCUT2D eigenvalue weighted by Crippen LogP contribution is 2.52. The predicted octanol–water partition coefficient (Wildman–Crippen LogP) is 3.27. The van der Waals surface area contributed by atoms with Crippen LogP contribution in [-0.4, -0.2) is 50.9 Å². The molecule has 12 heteroatoms. The van der Waals surface area contributed by atoms with Gasteiger partial charge in [-0.2, -0.15) is 18.3 Å². The Hall–Kier alpha value is -3.05. The number of ether oxygens (including phenoxy) is 1. The van der Waals surface area contributed by atoms with Crippen LogP contribution in [0.5, 0.6) is 5.75 Å². The lowest BCUT2D eigenvalue weighted by Crippen LogP contribution is -2.26. The Kier molecular flexibility index (Phi) is 4.67. The summed E-state index contributed by atoms with van der Waals surface area (Å²) in [5.41, 5.74) is -0.162. The first-order valence-electron chi connectivity index (χ1n) is 9.67. The molecule has 7 nitrogen and oxygen atoms in total. The molecule has 1 saturated carbocycles. The van der Waals surface area contributed by atoms with Crippen molar-refractivity contribution in [1.29, 1.82) is 0 Å². The lowest BCUT2D eigenvalue weighted by Gasteiger charge is -2.20. The normalized spacial score (nSPS) is 22.9. The summed E-state index contributed by atoms with van der Waals surface area (Å²) < 4.78 is 69.9. The molecule has 0 spiro atoms. The molecular weight excluding hydrogens is 423 g/mol. The summed E-state index contributed by atoms with van der Waals surface area (Å²) in [4.78, 5) is 14.2. The van der Waals surface area contributed by atoms with Crippen LogP contribution in [0.15, 0.2) is 30.7 Å². The van der Waals surface area contributed by atoms with E-state index in [9.17, 15) is 22.0 Å². The number of hydrogen-bond acceptors (Lipinski definition) is 6. The van der Waals surface area contributed by atoms with Gasteiger partial charge in [0.2, 0.25) is 0 Å². The average molecular weight is 440 g/mol. The van der Waals surface area contributed by atoms with Crippen LogP contribution in [0.25, 0.3) is 11.2 Å². The van der Waals surface area contributed by atoms with E-state index >= 15 is 0 Å². The van der Waals surface area contributed by atoms with Gasteiger partial charge in [0.15, 0.2) is 5.65 Å². The van der Waals surface area contributed by atoms with Crippen molar-refractivity contribution in [3.63, 3.8) is 0 Å². The van der Waals surface area contributed by atoms with E-state index in [2.05, 4.69) is 25.0 Å². The molecule has 3 aromatic heterocycles. The average Bonchev–Trinajstić information content (AvgIpc) is 3.04. The zero-order valence-electron chi connectivity index (χ0n) is 16.0. The maximum absolute atomic E-state index is 12.7. The Morgan fingerprint density at radius 2 is 1.84 bits per heavy atom. The number of hydrogen-bond donors (Lipinski definition) is 0. The topological polar surface area (TPSA) is 69.0 Å². The summed E-state index contributed by atoms with van der Waals surface area (Å²) in [6, 6.07) is 2.17. The molecule has 0 aromatic carbocycles. The molecule has 0 amide bonds. The monoisotopic (exact) mass is 440 g/mol. The van der Waals surface area contributed by atoms with E-state index in [1.807, 2.05) is 0 Å². The highest BCUT2D eigenvalue weighted by Gasteiger charge is 2.56. The number of anilines is 1. The maximum atomic E-state index is 12.7. The Morgan fingerprint density at radius 1 is 1.06 bits per heavy atom. The molecule has 4 heterocycles. The second-order valence-electron chi connectivity index (χ2n) is 7.74. The van der Waals surface area contributed by atoms with Crippen molar-refractivity contribution in [3.8, 4) is 5.75 Å². The van der Waals surface area contributed by atoms with E-state index in [4.69, 9.17) is 4.74 Å². The Labute approximate surface area is 172 Å². The summed E-state index contributed by atoms with van der Waals surface area (Å²) in [5.74, 6) is 1.98. The van der Waals surface area contributed by atoms with E-state index in [-0.39, 0.29) is 0 Å². The van der Waals surface area contributed by atoms with Gasteiger partial charge in [-0.3, -0.25) is 0 Å². The number of fused-ring (bicyclic) bond motifs is 2. The van der Waals surface area contributed by atoms with Crippen molar-refractivity contribution in [2.45, 2.75) is 19.1 Å². The quantitative estimate of drug-likeness (QED) is 0.548. The molecular formula is C19H17F5N6O. The first-order valence-corrected chi connectivity index (χ1v) is 9.67. The lowest BCUT2D eigenvalue weighted by atomic mass is 10.3. The molecule has 1 aliphatic carbocycles. The third-order valence-electron chi connectivity index (χ3n) is 5.81. The highest BCUT2D eigenvalue weighted by atomic mass is 19.4. The minimum absolute atomic E-state index is 0.304. The molecule has 2 aliphatic rings. The van der Waals surface area contributed by atoms with Crippen molar-refractivity contribution in [2.75, 3.05) is 24.6 Å². The Balaban J connectivity index is 1.18. The van der Waals surface area contributed by atoms with E-state index in [0.717, 1.165) is 30.0 Å². The van der Waals surface area contributed by atoms with Crippen LogP contribution in [0.4, 0.5) is 27.8 Å². The zero-order valence-corrected chi connectivity index (χ0v) is 16.0. The summed E-state index contributed by atoms with van der Waals surface area (Å²) >= 11 is 0. The van der Waals surface area contributed by atoms with Crippen molar-refractivity contribution in [1.82, 2.24) is 24.7 Å². The maximum Gasteiger partial charge on any atom is 0.433 e. The third kappa shape index (κ3) is 3.86. The Morgan fingerprint density at radius 3 is 2.48 bits per heavy atom. The number of aromatic nitrogens is 5. The van der Waals surface area contributed by atoms with E-state index < -0.39 is 24.8 Å². The van der Waals surface area contributed by atoms with E-state index in [0.29, 0.717) is 47.1 Å². The molecule has 3 aromatic rings. The SMILES string of the molecule is FC(F)Cn1ncc2ncc(N3C[C@@H]4C(COc5ccc(C(F)(F)F)nc5)[C@@H]4C3)nc21. The van der Waals surface area contributed by atoms with Crippen LogP contribution in [-0.2, 0) is 12.7 Å². The standard InChI is InChI=1S/C19H17F5N6O/c20-16(21)8-30-18-14(4-27-30)25-5-17(28-18)29-6-11-12(7-29)13(11)9-31-10-1-2-15(26-3-10)19(22,23)24/h1-5,11-13,16H,6-9H2/t11-,12+,13?. The van der Waals surface area contributed by atoms with E-state index in [1.54, 1.807) is 6.20 Å². The number of halogens is 5. The second kappa shape index (κ2) is 7.27. The van der Waals surface area contributed by atoms with Crippen LogP contribution in [0, 0.1) is 17.8 Å². The summed E-state index contributed by atoms with van der Waals surface area (Å²) in [7, 11) is 0. The molecule has 1 unspecified atom stereocenters. The number of pyridine rings is 1. The minimum Gasteiger partial charge on any atom is -0.492 e. The van der Waals surface area contributed by atoms with Gasteiger partial charge >= 0.3 is 6.18 Å². The highest BCUT2D eigenvalue weighted by molar-refractivity contribution is 5.71. The first-order chi connectivity index (χ1) is 14.8. The number of piperidine rings is 1. The van der Waals surface area contributed by atoms with Gasteiger partial charge in [0.25, 0.3) is 6.43 Å². The van der Waals surface area contributed by atoms with Gasteiger partial charge in [-0.25, -0.2) is 28.4 Å². The second-order valence-corrected chi connectivity index (χ2v) is 7.74. The van der Waals surface area contributed by atoms with Crippen LogP contribution in [0.1, 0.15) is 5.69 Å². The molecule has 0 bridgehead atoms. The molecule has 0 radical (unpaired) electrons. The fourth-order valence-electron chi connectivity index (χ4n) is 4.17. The van der Waals surface area contributed by atoms with Crippen LogP contribution >= 0.6 is 0 Å². The van der Waals surface area contributed by atoms with Gasteiger partial charge in [0.1, 0.15) is 29.3 Å². The smallest absolute Gasteiger partial charge is 0.433 e. The summed E-state index contributed by atoms with van der Waals surface area (Å²) in [5, 5.41) is 3.92. The predicted molar refractivity (Wildman–Crippen MR) is 98.7 cm³/mol. The number of alkyl halides is 5. The van der Waals surface area contributed by atoms with Gasteiger partial charge < -0.3 is 9.64 Å². The summed E-state index contributed by atoms with van der Waals surface area (Å²) in [6.45, 7) is 1.33. The van der Waals surface area contributed by atoms with Crippen LogP contribution < -0.4 is 9.64 Å². The van der Waals surface area contributed by atoms with E-state index in [1.165, 1.54) is 12.3 Å².